The summed E-state index contributed by atoms with van der Waals surface area (Å²) in [5, 5.41) is 5.19. The number of nitrogens with one attached hydrogen (secondary N) is 1. The number of carbonyl (C=O) groups is 1. The van der Waals surface area contributed by atoms with Gasteiger partial charge in [-0.3, -0.25) is 4.79 Å². The van der Waals surface area contributed by atoms with Crippen molar-refractivity contribution >= 4 is 17.2 Å². The van der Waals surface area contributed by atoms with Crippen LogP contribution >= 0.6 is 11.3 Å². The van der Waals surface area contributed by atoms with Crippen LogP contribution < -0.4 is 10.1 Å². The molecule has 140 valence electrons. The first-order valence-corrected chi connectivity index (χ1v) is 9.35. The van der Waals surface area contributed by atoms with Gasteiger partial charge in [-0.15, -0.1) is 11.3 Å². The van der Waals surface area contributed by atoms with Crippen molar-refractivity contribution in [2.75, 3.05) is 6.54 Å². The molecule has 0 aliphatic carbocycles. The topological polar surface area (TPSA) is 51.2 Å². The van der Waals surface area contributed by atoms with Gasteiger partial charge < -0.3 is 10.1 Å². The summed E-state index contributed by atoms with van der Waals surface area (Å²) < 4.78 is 32.3. The lowest BCUT2D eigenvalue weighted by atomic mass is 10.2. The molecule has 27 heavy (non-hydrogen) atoms. The zero-order valence-electron chi connectivity index (χ0n) is 14.7. The fourth-order valence-electron chi connectivity index (χ4n) is 2.36. The second-order valence-electron chi connectivity index (χ2n) is 5.85. The smallest absolute Gasteiger partial charge is 0.270 e. The van der Waals surface area contributed by atoms with Gasteiger partial charge in [0.15, 0.2) is 0 Å². The summed E-state index contributed by atoms with van der Waals surface area (Å²) in [6, 6.07) is 10.6. The molecule has 1 amide bonds. The van der Waals surface area contributed by atoms with Crippen LogP contribution in [0.4, 0.5) is 8.78 Å². The number of aromatic nitrogens is 1. The number of nitrogens with zero attached hydrogens (tertiary/aromatic N) is 1. The van der Waals surface area contributed by atoms with Crippen LogP contribution in [0.25, 0.3) is 10.6 Å². The summed E-state index contributed by atoms with van der Waals surface area (Å²) >= 11 is 1.36. The van der Waals surface area contributed by atoms with E-state index >= 15 is 0 Å². The van der Waals surface area contributed by atoms with E-state index in [1.165, 1.54) is 23.5 Å². The fourth-order valence-corrected chi connectivity index (χ4v) is 3.16. The summed E-state index contributed by atoms with van der Waals surface area (Å²) in [4.78, 5) is 16.3. The van der Waals surface area contributed by atoms with Crippen molar-refractivity contribution in [3.05, 3.63) is 70.7 Å². The first-order valence-electron chi connectivity index (χ1n) is 8.47. The average molecular weight is 388 g/mol. The molecule has 2 aromatic carbocycles. The highest BCUT2D eigenvalue weighted by Crippen LogP contribution is 2.27. The van der Waals surface area contributed by atoms with Crippen LogP contribution in [0.3, 0.4) is 0 Å². The standard InChI is InChI=1S/C20H18F2N2O2S/c1-2-8-23-19(25)18-12-27-20(24-18)13-4-3-5-16(9-13)26-11-14-6-7-15(21)10-17(14)22/h3-7,9-10,12H,2,8,11H2,1H3,(H,23,25). The monoisotopic (exact) mass is 388 g/mol. The van der Waals surface area contributed by atoms with Gasteiger partial charge in [0.05, 0.1) is 0 Å². The van der Waals surface area contributed by atoms with E-state index in [-0.39, 0.29) is 18.1 Å². The molecule has 1 heterocycles. The number of halogens is 2. The number of hydrogen-bond acceptors (Lipinski definition) is 4. The third kappa shape index (κ3) is 4.89. The molecule has 1 aromatic heterocycles. The van der Waals surface area contributed by atoms with Crippen LogP contribution in [-0.2, 0) is 6.61 Å². The number of thiazole rings is 1. The molecule has 0 radical (unpaired) electrons. The molecule has 0 saturated heterocycles. The van der Waals surface area contributed by atoms with Crippen molar-refractivity contribution in [3.8, 4) is 16.3 Å². The van der Waals surface area contributed by atoms with Gasteiger partial charge in [-0.25, -0.2) is 13.8 Å². The maximum Gasteiger partial charge on any atom is 0.270 e. The largest absolute Gasteiger partial charge is 0.489 e. The van der Waals surface area contributed by atoms with E-state index in [1.54, 1.807) is 23.6 Å². The number of hydrogen-bond donors (Lipinski definition) is 1. The highest BCUT2D eigenvalue weighted by Gasteiger charge is 2.12. The molecule has 0 unspecified atom stereocenters. The van der Waals surface area contributed by atoms with Gasteiger partial charge >= 0.3 is 0 Å². The Balaban J connectivity index is 1.70. The average Bonchev–Trinajstić information content (AvgIpc) is 3.16. The Kier molecular flexibility index (Phi) is 6.13. The minimum atomic E-state index is -0.645. The highest BCUT2D eigenvalue weighted by atomic mass is 32.1. The number of benzene rings is 2. The van der Waals surface area contributed by atoms with Crippen LogP contribution in [-0.4, -0.2) is 17.4 Å². The molecule has 0 spiro atoms. The van der Waals surface area contributed by atoms with Gasteiger partial charge in [0.2, 0.25) is 0 Å². The van der Waals surface area contributed by atoms with E-state index in [9.17, 15) is 13.6 Å². The van der Waals surface area contributed by atoms with E-state index in [2.05, 4.69) is 10.3 Å². The predicted molar refractivity (Wildman–Crippen MR) is 101 cm³/mol. The lowest BCUT2D eigenvalue weighted by molar-refractivity contribution is 0.0949. The molecule has 0 fully saturated rings. The zero-order chi connectivity index (χ0) is 19.2. The van der Waals surface area contributed by atoms with Crippen molar-refractivity contribution in [1.82, 2.24) is 10.3 Å². The molecule has 4 nitrogen and oxygen atoms in total. The SMILES string of the molecule is CCCNC(=O)c1csc(-c2cccc(OCc3ccc(F)cc3F)c2)n1. The maximum atomic E-state index is 13.7. The first-order chi connectivity index (χ1) is 13.1. The highest BCUT2D eigenvalue weighted by molar-refractivity contribution is 7.13. The third-order valence-electron chi connectivity index (χ3n) is 3.76. The third-order valence-corrected chi connectivity index (χ3v) is 4.65. The first kappa shape index (κ1) is 19.0. The van der Waals surface area contributed by atoms with Crippen molar-refractivity contribution < 1.29 is 18.3 Å². The molecular formula is C20H18F2N2O2S. The van der Waals surface area contributed by atoms with Gasteiger partial charge in [-0.2, -0.15) is 0 Å². The van der Waals surface area contributed by atoms with E-state index in [4.69, 9.17) is 4.74 Å². The second-order valence-corrected chi connectivity index (χ2v) is 6.70. The lowest BCUT2D eigenvalue weighted by Crippen LogP contribution is -2.24. The summed E-state index contributed by atoms with van der Waals surface area (Å²) in [5.74, 6) is -0.934. The summed E-state index contributed by atoms with van der Waals surface area (Å²) in [5.41, 5.74) is 1.45. The van der Waals surface area contributed by atoms with Crippen LogP contribution in [0.5, 0.6) is 5.75 Å². The van der Waals surface area contributed by atoms with Gasteiger partial charge in [0, 0.05) is 29.1 Å². The molecule has 7 heteroatoms. The van der Waals surface area contributed by atoms with E-state index in [1.807, 2.05) is 13.0 Å². The Hall–Kier alpha value is -2.80. The molecule has 3 rings (SSSR count). The minimum Gasteiger partial charge on any atom is -0.489 e. The van der Waals surface area contributed by atoms with Crippen LogP contribution in [0.1, 0.15) is 29.4 Å². The number of amides is 1. The van der Waals surface area contributed by atoms with Gasteiger partial charge in [-0.05, 0) is 30.7 Å². The van der Waals surface area contributed by atoms with Crippen LogP contribution in [0.15, 0.2) is 47.8 Å². The second kappa shape index (κ2) is 8.73. The molecular weight excluding hydrogens is 370 g/mol. The van der Waals surface area contributed by atoms with Gasteiger partial charge in [-0.1, -0.05) is 19.1 Å². The number of ether oxygens (including phenoxy) is 1. The summed E-state index contributed by atoms with van der Waals surface area (Å²) in [6.45, 7) is 2.57. The predicted octanol–water partition coefficient (Wildman–Crippen LogP) is 4.81. The molecule has 0 aliphatic rings. The van der Waals surface area contributed by atoms with E-state index in [0.29, 0.717) is 23.0 Å². The molecule has 1 N–H and O–H groups in total. The zero-order valence-corrected chi connectivity index (χ0v) is 15.5. The minimum absolute atomic E-state index is 0.0158. The van der Waals surface area contributed by atoms with Crippen molar-refractivity contribution in [1.29, 1.82) is 0 Å². The fraction of sp³-hybridized carbons (Fsp3) is 0.200. The normalized spacial score (nSPS) is 10.6. The molecule has 0 saturated carbocycles. The summed E-state index contributed by atoms with van der Waals surface area (Å²) in [6.07, 6.45) is 0.858. The van der Waals surface area contributed by atoms with E-state index < -0.39 is 11.6 Å². The Labute approximate surface area is 159 Å². The Bertz CT molecular complexity index is 943. The van der Waals surface area contributed by atoms with Crippen molar-refractivity contribution in [2.45, 2.75) is 20.0 Å². The van der Waals surface area contributed by atoms with Gasteiger partial charge in [0.1, 0.15) is 34.7 Å². The summed E-state index contributed by atoms with van der Waals surface area (Å²) in [7, 11) is 0. The Morgan fingerprint density at radius 1 is 1.22 bits per heavy atom. The van der Waals surface area contributed by atoms with Gasteiger partial charge in [0.25, 0.3) is 5.91 Å². The lowest BCUT2D eigenvalue weighted by Gasteiger charge is -2.08. The van der Waals surface area contributed by atoms with Crippen LogP contribution in [0, 0.1) is 11.6 Å². The number of rotatable bonds is 7. The molecule has 0 atom stereocenters. The van der Waals surface area contributed by atoms with E-state index in [0.717, 1.165) is 18.1 Å². The van der Waals surface area contributed by atoms with Crippen LogP contribution in [0.2, 0.25) is 0 Å². The van der Waals surface area contributed by atoms with Crippen molar-refractivity contribution in [3.63, 3.8) is 0 Å². The Morgan fingerprint density at radius 2 is 2.07 bits per heavy atom. The van der Waals surface area contributed by atoms with Crippen molar-refractivity contribution in [2.24, 2.45) is 0 Å². The maximum absolute atomic E-state index is 13.7. The molecule has 0 bridgehead atoms. The number of carbonyl (C=O) groups excluding carboxylic acids is 1. The Morgan fingerprint density at radius 3 is 2.85 bits per heavy atom. The molecule has 0 aliphatic heterocycles. The quantitative estimate of drug-likeness (QED) is 0.632. The molecule has 3 aromatic rings.